The van der Waals surface area contributed by atoms with Gasteiger partial charge < -0.3 is 25.8 Å². The summed E-state index contributed by atoms with van der Waals surface area (Å²) in [4.78, 5) is 71.9. The molecule has 0 fully saturated rings. The number of aromatic amines is 1. The van der Waals surface area contributed by atoms with Gasteiger partial charge in [0.05, 0.1) is 17.6 Å². The van der Waals surface area contributed by atoms with E-state index < -0.39 is 5.91 Å². The molecule has 0 bridgehead atoms. The van der Waals surface area contributed by atoms with E-state index in [0.717, 1.165) is 27.1 Å². The number of carbonyl (C=O) groups is 4. The zero-order valence-electron chi connectivity index (χ0n) is 20.7. The lowest BCUT2D eigenvalue weighted by atomic mass is 9.97. The van der Waals surface area contributed by atoms with E-state index in [1.54, 1.807) is 9.80 Å². The van der Waals surface area contributed by atoms with E-state index in [1.165, 1.54) is 18.3 Å². The molecule has 2 aliphatic rings. The Balaban J connectivity index is 1.31. The molecule has 3 aromatic rings. The average molecular weight is 535 g/mol. The Bertz CT molecular complexity index is 1570. The number of nitrogens with two attached hydrogens (primary N) is 1. The summed E-state index contributed by atoms with van der Waals surface area (Å²) in [5.41, 5.74) is 9.20. The number of nitrogens with zero attached hydrogens (tertiary/aromatic N) is 3. The van der Waals surface area contributed by atoms with E-state index in [2.05, 4.69) is 15.3 Å². The Morgan fingerprint density at radius 2 is 1.92 bits per heavy atom. The standard InChI is InChI=1S/C26H26N6O5S/c1-14(35)31-7-5-18-21(11-31)38-26-22(18)24(36)29-23(30-26)25(37)28-9-15-2-3-16-4-6-32(10-17(16)8-15)20(13-34)19(27)12-33/h2-3,8,12-13H,4-7,9-11,27H2,1H3,(H,28,37)(H,29,30,36)/b20-19-. The van der Waals surface area contributed by atoms with E-state index in [0.29, 0.717) is 61.8 Å². The highest BCUT2D eigenvalue weighted by molar-refractivity contribution is 7.18. The maximum absolute atomic E-state index is 12.9. The number of hydrogen-bond acceptors (Lipinski definition) is 9. The van der Waals surface area contributed by atoms with Gasteiger partial charge in [0, 0.05) is 38.0 Å². The Hall–Kier alpha value is -4.32. The third kappa shape index (κ3) is 4.70. The average Bonchev–Trinajstić information content (AvgIpc) is 3.29. The minimum absolute atomic E-state index is 0.0179. The number of H-pyrrole nitrogens is 1. The van der Waals surface area contributed by atoms with E-state index in [9.17, 15) is 24.0 Å². The molecule has 38 heavy (non-hydrogen) atoms. The number of allylic oxidation sites excluding steroid dienone is 2. The second-order valence-electron chi connectivity index (χ2n) is 9.32. The van der Waals surface area contributed by atoms with Gasteiger partial charge in [0.25, 0.3) is 11.5 Å². The maximum Gasteiger partial charge on any atom is 0.287 e. The summed E-state index contributed by atoms with van der Waals surface area (Å²) >= 11 is 1.34. The van der Waals surface area contributed by atoms with Crippen LogP contribution in [0.1, 0.15) is 44.7 Å². The molecule has 4 N–H and O–H groups in total. The van der Waals surface area contributed by atoms with E-state index in [4.69, 9.17) is 5.73 Å². The van der Waals surface area contributed by atoms with Crippen LogP contribution in [-0.4, -0.2) is 57.2 Å². The lowest BCUT2D eigenvalue weighted by Crippen LogP contribution is -2.33. The number of fused-ring (bicyclic) bond motifs is 4. The quantitative estimate of drug-likeness (QED) is 0.309. The summed E-state index contributed by atoms with van der Waals surface area (Å²) in [7, 11) is 0. The van der Waals surface area contributed by atoms with Crippen molar-refractivity contribution in [1.82, 2.24) is 25.1 Å². The minimum Gasteiger partial charge on any atom is -0.394 e. The highest BCUT2D eigenvalue weighted by Gasteiger charge is 2.26. The Labute approximate surface area is 221 Å². The fourth-order valence-electron chi connectivity index (χ4n) is 4.96. The van der Waals surface area contributed by atoms with Crippen molar-refractivity contribution < 1.29 is 19.2 Å². The highest BCUT2D eigenvalue weighted by atomic mass is 32.1. The van der Waals surface area contributed by atoms with Crippen LogP contribution < -0.4 is 16.6 Å². The van der Waals surface area contributed by atoms with Gasteiger partial charge in [-0.2, -0.15) is 0 Å². The van der Waals surface area contributed by atoms with Gasteiger partial charge in [-0.25, -0.2) is 4.98 Å². The Morgan fingerprint density at radius 1 is 1.13 bits per heavy atom. The highest BCUT2D eigenvalue weighted by Crippen LogP contribution is 2.32. The van der Waals surface area contributed by atoms with Crippen LogP contribution >= 0.6 is 11.3 Å². The molecule has 12 heteroatoms. The molecule has 0 atom stereocenters. The van der Waals surface area contributed by atoms with Gasteiger partial charge in [0.1, 0.15) is 10.5 Å². The monoisotopic (exact) mass is 534 g/mol. The topological polar surface area (TPSA) is 159 Å². The molecule has 0 unspecified atom stereocenters. The third-order valence-corrected chi connectivity index (χ3v) is 8.09. The summed E-state index contributed by atoms with van der Waals surface area (Å²) < 4.78 is 0. The first kappa shape index (κ1) is 25.3. The molecule has 0 radical (unpaired) electrons. The van der Waals surface area contributed by atoms with Crippen LogP contribution in [0.4, 0.5) is 0 Å². The van der Waals surface area contributed by atoms with Gasteiger partial charge in [0.2, 0.25) is 11.7 Å². The van der Waals surface area contributed by atoms with Gasteiger partial charge in [-0.15, -0.1) is 11.3 Å². The molecule has 196 valence electrons. The van der Waals surface area contributed by atoms with Gasteiger partial charge in [-0.3, -0.25) is 24.0 Å². The molecule has 4 heterocycles. The van der Waals surface area contributed by atoms with Crippen molar-refractivity contribution in [3.63, 3.8) is 0 Å². The first-order valence-corrected chi connectivity index (χ1v) is 12.9. The number of carbonyl (C=O) groups excluding carboxylic acids is 4. The molecule has 0 saturated carbocycles. The number of aromatic nitrogens is 2. The van der Waals surface area contributed by atoms with Crippen LogP contribution in [0.2, 0.25) is 0 Å². The predicted molar refractivity (Wildman–Crippen MR) is 140 cm³/mol. The van der Waals surface area contributed by atoms with Gasteiger partial charge in [0.15, 0.2) is 12.6 Å². The van der Waals surface area contributed by atoms with Crippen molar-refractivity contribution in [3.8, 4) is 0 Å². The molecule has 1 aromatic carbocycles. The van der Waals surface area contributed by atoms with Gasteiger partial charge in [-0.1, -0.05) is 18.2 Å². The zero-order valence-corrected chi connectivity index (χ0v) is 21.5. The summed E-state index contributed by atoms with van der Waals surface area (Å²) in [6.07, 6.45) is 2.32. The maximum atomic E-state index is 12.9. The first-order valence-electron chi connectivity index (χ1n) is 12.1. The van der Waals surface area contributed by atoms with E-state index >= 15 is 0 Å². The zero-order chi connectivity index (χ0) is 27.0. The van der Waals surface area contributed by atoms with Crippen molar-refractivity contribution in [2.75, 3.05) is 13.1 Å². The van der Waals surface area contributed by atoms with Gasteiger partial charge >= 0.3 is 0 Å². The second-order valence-corrected chi connectivity index (χ2v) is 10.4. The summed E-state index contributed by atoms with van der Waals surface area (Å²) in [5, 5.41) is 3.29. The smallest absolute Gasteiger partial charge is 0.287 e. The molecular formula is C26H26N6O5S. The number of thiophene rings is 1. The molecule has 2 aliphatic heterocycles. The lowest BCUT2D eigenvalue weighted by molar-refractivity contribution is -0.129. The van der Waals surface area contributed by atoms with E-state index in [1.807, 2.05) is 18.2 Å². The van der Waals surface area contributed by atoms with E-state index in [-0.39, 0.29) is 35.2 Å². The predicted octanol–water partition coefficient (Wildman–Crippen LogP) is 0.745. The molecule has 5 rings (SSSR count). The fraction of sp³-hybridized carbons (Fsp3) is 0.308. The number of aldehydes is 2. The van der Waals surface area contributed by atoms with Crippen LogP contribution in [0.3, 0.4) is 0 Å². The summed E-state index contributed by atoms with van der Waals surface area (Å²) in [6.45, 7) is 3.68. The second kappa shape index (κ2) is 10.2. The molecule has 2 aromatic heterocycles. The minimum atomic E-state index is -0.509. The number of rotatable bonds is 6. The molecule has 0 saturated heterocycles. The molecule has 0 aliphatic carbocycles. The Kier molecular flexibility index (Phi) is 6.81. The Morgan fingerprint density at radius 3 is 2.66 bits per heavy atom. The summed E-state index contributed by atoms with van der Waals surface area (Å²) in [6, 6.07) is 5.83. The SMILES string of the molecule is CC(=O)N1CCc2c(sc3nc(C(=O)NCc4ccc5c(c4)CN(/C(C=O)=C(\N)C=O)CC5)[nH]c(=O)c23)C1. The van der Waals surface area contributed by atoms with Crippen LogP contribution in [0, 0.1) is 0 Å². The van der Waals surface area contributed by atoms with Crippen molar-refractivity contribution in [3.05, 3.63) is 72.9 Å². The molecule has 11 nitrogen and oxygen atoms in total. The van der Waals surface area contributed by atoms with Crippen molar-refractivity contribution in [1.29, 1.82) is 0 Å². The first-order chi connectivity index (χ1) is 18.3. The number of hydrogen-bond donors (Lipinski definition) is 3. The van der Waals surface area contributed by atoms with Crippen molar-refractivity contribution >= 4 is 45.9 Å². The van der Waals surface area contributed by atoms with Crippen LogP contribution in [0.5, 0.6) is 0 Å². The number of nitrogens with one attached hydrogen (secondary N) is 2. The van der Waals surface area contributed by atoms with Crippen molar-refractivity contribution in [2.45, 2.75) is 39.4 Å². The van der Waals surface area contributed by atoms with Crippen LogP contribution in [-0.2, 0) is 46.9 Å². The molecule has 0 spiro atoms. The van der Waals surface area contributed by atoms with Crippen LogP contribution in [0.25, 0.3) is 10.2 Å². The number of benzene rings is 1. The largest absolute Gasteiger partial charge is 0.394 e. The van der Waals surface area contributed by atoms with Crippen molar-refractivity contribution in [2.24, 2.45) is 5.73 Å². The van der Waals surface area contributed by atoms with Gasteiger partial charge in [-0.05, 0) is 35.1 Å². The fourth-order valence-corrected chi connectivity index (χ4v) is 6.19. The molecular weight excluding hydrogens is 508 g/mol. The third-order valence-electron chi connectivity index (χ3n) is 6.98. The summed E-state index contributed by atoms with van der Waals surface area (Å²) in [5.74, 6) is -0.598. The lowest BCUT2D eigenvalue weighted by Gasteiger charge is -2.31. The molecule has 2 amide bonds. The van der Waals surface area contributed by atoms with Crippen LogP contribution in [0.15, 0.2) is 34.4 Å². The number of amides is 2. The normalized spacial score (nSPS) is 15.4.